The van der Waals surface area contributed by atoms with Crippen LogP contribution in [-0.4, -0.2) is 17.9 Å². The summed E-state index contributed by atoms with van der Waals surface area (Å²) in [6, 6.07) is 9.20. The highest BCUT2D eigenvalue weighted by molar-refractivity contribution is 7.09. The van der Waals surface area contributed by atoms with Gasteiger partial charge in [-0.05, 0) is 29.5 Å². The van der Waals surface area contributed by atoms with E-state index in [-0.39, 0.29) is 18.0 Å². The lowest BCUT2D eigenvalue weighted by molar-refractivity contribution is -0.139. The van der Waals surface area contributed by atoms with Gasteiger partial charge in [0.1, 0.15) is 0 Å². The minimum absolute atomic E-state index is 0.0427. The highest BCUT2D eigenvalue weighted by Gasteiger charge is 2.33. The molecular formula is C16H16F3NOS. The quantitative estimate of drug-likeness (QED) is 0.799. The van der Waals surface area contributed by atoms with Crippen LogP contribution in [0.25, 0.3) is 0 Å². The van der Waals surface area contributed by atoms with Gasteiger partial charge < -0.3 is 4.90 Å². The number of thiophene rings is 1. The van der Waals surface area contributed by atoms with Crippen LogP contribution in [0.15, 0.2) is 41.8 Å². The fourth-order valence-electron chi connectivity index (χ4n) is 2.15. The largest absolute Gasteiger partial charge is 0.416 e. The second-order valence-electron chi connectivity index (χ2n) is 4.98. The summed E-state index contributed by atoms with van der Waals surface area (Å²) < 4.78 is 38.8. The maximum absolute atomic E-state index is 12.9. The Hall–Kier alpha value is -1.82. The summed E-state index contributed by atoms with van der Waals surface area (Å²) in [7, 11) is 1.53. The second kappa shape index (κ2) is 6.96. The molecule has 0 aliphatic rings. The van der Waals surface area contributed by atoms with Crippen molar-refractivity contribution in [1.82, 2.24) is 4.90 Å². The summed E-state index contributed by atoms with van der Waals surface area (Å²) in [5.41, 5.74) is -0.574. The lowest BCUT2D eigenvalue weighted by Gasteiger charge is -2.20. The number of carbonyl (C=O) groups is 1. The third kappa shape index (κ3) is 4.34. The average molecular weight is 327 g/mol. The molecule has 1 heterocycles. The van der Waals surface area contributed by atoms with Gasteiger partial charge in [-0.15, -0.1) is 11.3 Å². The Kier molecular flexibility index (Phi) is 5.24. The van der Waals surface area contributed by atoms with Crippen LogP contribution in [0.3, 0.4) is 0 Å². The monoisotopic (exact) mass is 327 g/mol. The number of hydrogen-bond donors (Lipinski definition) is 0. The summed E-state index contributed by atoms with van der Waals surface area (Å²) in [6.07, 6.45) is -3.50. The van der Waals surface area contributed by atoms with Gasteiger partial charge in [0.05, 0.1) is 5.56 Å². The van der Waals surface area contributed by atoms with Gasteiger partial charge in [-0.2, -0.15) is 13.2 Å². The van der Waals surface area contributed by atoms with E-state index in [0.29, 0.717) is 12.8 Å². The standard InChI is InChI=1S/C16H16F3NOS/c1-20(15(21)9-8-13-6-4-10-22-13)11-12-5-2-3-7-14(12)16(17,18)19/h2-7,10H,8-9,11H2,1H3. The lowest BCUT2D eigenvalue weighted by atomic mass is 10.1. The van der Waals surface area contributed by atoms with E-state index in [2.05, 4.69) is 0 Å². The summed E-state index contributed by atoms with van der Waals surface area (Å²) in [6.45, 7) is -0.0427. The molecule has 0 bridgehead atoms. The van der Waals surface area contributed by atoms with Crippen LogP contribution in [-0.2, 0) is 23.9 Å². The zero-order valence-electron chi connectivity index (χ0n) is 12.1. The van der Waals surface area contributed by atoms with E-state index in [9.17, 15) is 18.0 Å². The van der Waals surface area contributed by atoms with Crippen LogP contribution in [0.5, 0.6) is 0 Å². The molecular weight excluding hydrogens is 311 g/mol. The minimum Gasteiger partial charge on any atom is -0.341 e. The molecule has 0 atom stereocenters. The van der Waals surface area contributed by atoms with Crippen molar-refractivity contribution in [2.24, 2.45) is 0 Å². The first kappa shape index (κ1) is 16.5. The van der Waals surface area contributed by atoms with Gasteiger partial charge >= 0.3 is 6.18 Å². The van der Waals surface area contributed by atoms with Crippen LogP contribution in [0, 0.1) is 0 Å². The summed E-state index contributed by atoms with van der Waals surface area (Å²) in [5, 5.41) is 1.93. The number of aryl methyl sites for hydroxylation is 1. The predicted octanol–water partition coefficient (Wildman–Crippen LogP) is 4.36. The molecule has 22 heavy (non-hydrogen) atoms. The molecule has 2 rings (SSSR count). The van der Waals surface area contributed by atoms with Crippen molar-refractivity contribution in [3.63, 3.8) is 0 Å². The number of amides is 1. The average Bonchev–Trinajstić information content (AvgIpc) is 2.97. The number of alkyl halides is 3. The molecule has 0 saturated heterocycles. The Labute approximate surface area is 131 Å². The van der Waals surface area contributed by atoms with Gasteiger partial charge in [0.15, 0.2) is 0 Å². The van der Waals surface area contributed by atoms with Crippen LogP contribution in [0.1, 0.15) is 22.4 Å². The smallest absolute Gasteiger partial charge is 0.341 e. The molecule has 0 unspecified atom stereocenters. The van der Waals surface area contributed by atoms with E-state index in [1.54, 1.807) is 17.4 Å². The normalized spacial score (nSPS) is 11.5. The molecule has 2 nitrogen and oxygen atoms in total. The van der Waals surface area contributed by atoms with Crippen LogP contribution < -0.4 is 0 Å². The number of nitrogens with zero attached hydrogens (tertiary/aromatic N) is 1. The van der Waals surface area contributed by atoms with E-state index in [0.717, 1.165) is 10.9 Å². The number of hydrogen-bond acceptors (Lipinski definition) is 2. The molecule has 2 aromatic rings. The van der Waals surface area contributed by atoms with Crippen molar-refractivity contribution in [2.45, 2.75) is 25.6 Å². The van der Waals surface area contributed by atoms with Gasteiger partial charge in [-0.3, -0.25) is 4.79 Å². The summed E-state index contributed by atoms with van der Waals surface area (Å²) >= 11 is 1.57. The molecule has 118 valence electrons. The first-order valence-corrected chi connectivity index (χ1v) is 7.67. The van der Waals surface area contributed by atoms with Crippen molar-refractivity contribution < 1.29 is 18.0 Å². The molecule has 0 aliphatic heterocycles. The number of rotatable bonds is 5. The van der Waals surface area contributed by atoms with E-state index < -0.39 is 11.7 Å². The van der Waals surface area contributed by atoms with Crippen LogP contribution in [0.2, 0.25) is 0 Å². The van der Waals surface area contributed by atoms with E-state index in [4.69, 9.17) is 0 Å². The molecule has 0 N–H and O–H groups in total. The molecule has 1 amide bonds. The molecule has 0 fully saturated rings. The number of halogens is 3. The van der Waals surface area contributed by atoms with E-state index in [1.165, 1.54) is 24.1 Å². The highest BCUT2D eigenvalue weighted by Crippen LogP contribution is 2.32. The Bertz CT molecular complexity index is 623. The van der Waals surface area contributed by atoms with Crippen LogP contribution in [0.4, 0.5) is 13.2 Å². The highest BCUT2D eigenvalue weighted by atomic mass is 32.1. The Morgan fingerprint density at radius 2 is 1.91 bits per heavy atom. The third-order valence-corrected chi connectivity index (χ3v) is 4.26. The second-order valence-corrected chi connectivity index (χ2v) is 6.02. The van der Waals surface area contributed by atoms with Gasteiger partial charge in [0, 0.05) is 24.9 Å². The minimum atomic E-state index is -4.41. The molecule has 1 aromatic carbocycles. The summed E-state index contributed by atoms with van der Waals surface area (Å²) in [5.74, 6) is -0.162. The molecule has 1 aromatic heterocycles. The van der Waals surface area contributed by atoms with Crippen molar-refractivity contribution in [1.29, 1.82) is 0 Å². The first-order chi connectivity index (χ1) is 10.4. The van der Waals surface area contributed by atoms with Gasteiger partial charge in [0.2, 0.25) is 5.91 Å². The third-order valence-electron chi connectivity index (χ3n) is 3.32. The van der Waals surface area contributed by atoms with Gasteiger partial charge in [-0.1, -0.05) is 24.3 Å². The topological polar surface area (TPSA) is 20.3 Å². The zero-order chi connectivity index (χ0) is 16.2. The number of carbonyl (C=O) groups excluding carboxylic acids is 1. The van der Waals surface area contributed by atoms with Crippen molar-refractivity contribution in [3.8, 4) is 0 Å². The fourth-order valence-corrected chi connectivity index (χ4v) is 2.86. The van der Waals surface area contributed by atoms with Gasteiger partial charge in [0.25, 0.3) is 0 Å². The van der Waals surface area contributed by atoms with Crippen molar-refractivity contribution in [3.05, 3.63) is 57.8 Å². The molecule has 6 heteroatoms. The maximum atomic E-state index is 12.9. The Morgan fingerprint density at radius 1 is 1.18 bits per heavy atom. The predicted molar refractivity (Wildman–Crippen MR) is 80.6 cm³/mol. The first-order valence-electron chi connectivity index (χ1n) is 6.79. The molecule has 0 spiro atoms. The number of benzene rings is 1. The molecule has 0 aliphatic carbocycles. The van der Waals surface area contributed by atoms with Crippen molar-refractivity contribution >= 4 is 17.2 Å². The summed E-state index contributed by atoms with van der Waals surface area (Å²) in [4.78, 5) is 14.5. The fraction of sp³-hybridized carbons (Fsp3) is 0.312. The zero-order valence-corrected chi connectivity index (χ0v) is 12.9. The molecule has 0 radical (unpaired) electrons. The van der Waals surface area contributed by atoms with Crippen LogP contribution >= 0.6 is 11.3 Å². The van der Waals surface area contributed by atoms with Crippen molar-refractivity contribution in [2.75, 3.05) is 7.05 Å². The Morgan fingerprint density at radius 3 is 2.55 bits per heavy atom. The van der Waals surface area contributed by atoms with E-state index in [1.807, 2.05) is 17.5 Å². The van der Waals surface area contributed by atoms with E-state index >= 15 is 0 Å². The molecule has 0 saturated carbocycles. The Balaban J connectivity index is 1.99. The maximum Gasteiger partial charge on any atom is 0.416 e. The SMILES string of the molecule is CN(Cc1ccccc1C(F)(F)F)C(=O)CCc1cccs1. The van der Waals surface area contributed by atoms with Gasteiger partial charge in [-0.25, -0.2) is 0 Å². The lowest BCUT2D eigenvalue weighted by Crippen LogP contribution is -2.27.